The van der Waals surface area contributed by atoms with Crippen LogP contribution in [0.1, 0.15) is 58.3 Å². The predicted octanol–water partition coefficient (Wildman–Crippen LogP) is 2.61. The zero-order valence-electron chi connectivity index (χ0n) is 14.4. The molecule has 0 amide bonds. The van der Waals surface area contributed by atoms with Crippen molar-refractivity contribution in [3.05, 3.63) is 0 Å². The molecule has 0 radical (unpaired) electrons. The lowest BCUT2D eigenvalue weighted by atomic mass is 9.65. The fourth-order valence-electron chi connectivity index (χ4n) is 4.12. The fourth-order valence-corrected chi connectivity index (χ4v) is 4.12. The van der Waals surface area contributed by atoms with Gasteiger partial charge in [0.15, 0.2) is 5.96 Å². The van der Waals surface area contributed by atoms with Gasteiger partial charge in [-0.05, 0) is 69.9 Å². The molecule has 4 nitrogen and oxygen atoms in total. The van der Waals surface area contributed by atoms with Gasteiger partial charge in [-0.25, -0.2) is 0 Å². The van der Waals surface area contributed by atoms with Crippen LogP contribution in [0.3, 0.4) is 0 Å². The summed E-state index contributed by atoms with van der Waals surface area (Å²) in [6, 6.07) is 0. The number of hydrogen-bond acceptors (Lipinski definition) is 2. The number of guanidine groups is 1. The van der Waals surface area contributed by atoms with Crippen LogP contribution in [-0.4, -0.2) is 50.1 Å². The third-order valence-electron chi connectivity index (χ3n) is 5.86. The summed E-state index contributed by atoms with van der Waals surface area (Å²) in [5.74, 6) is 2.02. The van der Waals surface area contributed by atoms with Gasteiger partial charge in [0, 0.05) is 26.2 Å². The summed E-state index contributed by atoms with van der Waals surface area (Å²) in [6.07, 6.45) is 11.3. The van der Waals surface area contributed by atoms with E-state index in [2.05, 4.69) is 22.5 Å². The average Bonchev–Trinajstić information content (AvgIpc) is 3.32. The maximum absolute atomic E-state index is 4.93. The molecule has 3 rings (SSSR count). The molecule has 2 saturated carbocycles. The molecule has 0 bridgehead atoms. The highest BCUT2D eigenvalue weighted by molar-refractivity contribution is 5.79. The Bertz CT molecular complexity index is 365. The average molecular weight is 306 g/mol. The molecule has 0 aromatic heterocycles. The SMILES string of the molecule is CCNC(=NCC1(C2CC2)CCC1)NCCN1CCCCC1. The van der Waals surface area contributed by atoms with Crippen LogP contribution in [0, 0.1) is 11.3 Å². The van der Waals surface area contributed by atoms with Crippen molar-refractivity contribution in [2.45, 2.75) is 58.3 Å². The van der Waals surface area contributed by atoms with Crippen LogP contribution in [0.4, 0.5) is 0 Å². The second kappa shape index (κ2) is 7.67. The largest absolute Gasteiger partial charge is 0.357 e. The topological polar surface area (TPSA) is 39.7 Å². The summed E-state index contributed by atoms with van der Waals surface area (Å²) in [7, 11) is 0. The molecule has 0 spiro atoms. The van der Waals surface area contributed by atoms with Crippen molar-refractivity contribution in [2.24, 2.45) is 16.3 Å². The number of rotatable bonds is 7. The van der Waals surface area contributed by atoms with Gasteiger partial charge in [0.2, 0.25) is 0 Å². The Labute approximate surface area is 136 Å². The maximum Gasteiger partial charge on any atom is 0.191 e. The van der Waals surface area contributed by atoms with Crippen LogP contribution >= 0.6 is 0 Å². The van der Waals surface area contributed by atoms with E-state index >= 15 is 0 Å². The Hall–Kier alpha value is -0.770. The van der Waals surface area contributed by atoms with Crippen molar-refractivity contribution in [3.8, 4) is 0 Å². The highest BCUT2D eigenvalue weighted by Gasteiger charge is 2.48. The van der Waals surface area contributed by atoms with Gasteiger partial charge in [-0.1, -0.05) is 12.8 Å². The van der Waals surface area contributed by atoms with E-state index in [0.29, 0.717) is 5.41 Å². The van der Waals surface area contributed by atoms with E-state index in [-0.39, 0.29) is 0 Å². The molecule has 4 heteroatoms. The minimum atomic E-state index is 0.579. The van der Waals surface area contributed by atoms with E-state index in [1.807, 2.05) is 0 Å². The van der Waals surface area contributed by atoms with Crippen LogP contribution in [0.15, 0.2) is 4.99 Å². The van der Waals surface area contributed by atoms with Gasteiger partial charge in [0.25, 0.3) is 0 Å². The molecule has 126 valence electrons. The first-order valence-electron chi connectivity index (χ1n) is 9.57. The van der Waals surface area contributed by atoms with E-state index in [1.54, 1.807) is 0 Å². The quantitative estimate of drug-likeness (QED) is 0.561. The molecular formula is C18H34N4. The number of nitrogens with one attached hydrogen (secondary N) is 2. The summed E-state index contributed by atoms with van der Waals surface area (Å²) in [5.41, 5.74) is 0.579. The molecule has 0 unspecified atom stereocenters. The Morgan fingerprint density at radius 2 is 1.86 bits per heavy atom. The summed E-state index contributed by atoms with van der Waals surface area (Å²) >= 11 is 0. The molecule has 3 fully saturated rings. The van der Waals surface area contributed by atoms with Crippen LogP contribution < -0.4 is 10.6 Å². The van der Waals surface area contributed by atoms with E-state index < -0.39 is 0 Å². The zero-order chi connectivity index (χ0) is 15.3. The lowest BCUT2D eigenvalue weighted by Crippen LogP contribution is -2.44. The first-order valence-corrected chi connectivity index (χ1v) is 9.57. The molecule has 2 aliphatic carbocycles. The Morgan fingerprint density at radius 3 is 2.45 bits per heavy atom. The summed E-state index contributed by atoms with van der Waals surface area (Å²) in [6.45, 7) is 8.87. The smallest absolute Gasteiger partial charge is 0.191 e. The number of aliphatic imine (C=N–C) groups is 1. The number of piperidine rings is 1. The first-order chi connectivity index (χ1) is 10.8. The van der Waals surface area contributed by atoms with Crippen molar-refractivity contribution in [2.75, 3.05) is 39.3 Å². The summed E-state index contributed by atoms with van der Waals surface area (Å²) in [5, 5.41) is 6.97. The molecular weight excluding hydrogens is 272 g/mol. The Balaban J connectivity index is 1.43. The van der Waals surface area contributed by atoms with Gasteiger partial charge in [-0.15, -0.1) is 0 Å². The van der Waals surface area contributed by atoms with Gasteiger partial charge < -0.3 is 15.5 Å². The van der Waals surface area contributed by atoms with Crippen molar-refractivity contribution in [1.29, 1.82) is 0 Å². The lowest BCUT2D eigenvalue weighted by Gasteiger charge is -2.41. The van der Waals surface area contributed by atoms with E-state index in [0.717, 1.165) is 38.1 Å². The van der Waals surface area contributed by atoms with Crippen LogP contribution in [0.25, 0.3) is 0 Å². The molecule has 0 atom stereocenters. The van der Waals surface area contributed by atoms with Gasteiger partial charge in [0.1, 0.15) is 0 Å². The van der Waals surface area contributed by atoms with Crippen molar-refractivity contribution in [1.82, 2.24) is 15.5 Å². The highest BCUT2D eigenvalue weighted by atomic mass is 15.2. The minimum Gasteiger partial charge on any atom is -0.357 e. The molecule has 3 aliphatic rings. The second-order valence-electron chi connectivity index (χ2n) is 7.51. The monoisotopic (exact) mass is 306 g/mol. The molecule has 1 saturated heterocycles. The van der Waals surface area contributed by atoms with Crippen molar-refractivity contribution >= 4 is 5.96 Å². The first kappa shape index (κ1) is 16.1. The highest BCUT2D eigenvalue weighted by Crippen LogP contribution is 2.57. The molecule has 22 heavy (non-hydrogen) atoms. The van der Waals surface area contributed by atoms with E-state index in [9.17, 15) is 0 Å². The van der Waals surface area contributed by atoms with Gasteiger partial charge in [0.05, 0.1) is 0 Å². The van der Waals surface area contributed by atoms with Crippen LogP contribution in [0.5, 0.6) is 0 Å². The predicted molar refractivity (Wildman–Crippen MR) is 93.3 cm³/mol. The minimum absolute atomic E-state index is 0.579. The summed E-state index contributed by atoms with van der Waals surface area (Å²) < 4.78 is 0. The summed E-state index contributed by atoms with van der Waals surface area (Å²) in [4.78, 5) is 7.51. The third kappa shape index (κ3) is 4.15. The molecule has 1 heterocycles. The van der Waals surface area contributed by atoms with Gasteiger partial charge in [-0.3, -0.25) is 4.99 Å². The number of hydrogen-bond donors (Lipinski definition) is 2. The molecule has 1 aliphatic heterocycles. The normalized spacial score (nSPS) is 25.6. The zero-order valence-corrected chi connectivity index (χ0v) is 14.4. The fraction of sp³-hybridized carbons (Fsp3) is 0.944. The number of likely N-dealkylation sites (tertiary alicyclic amines) is 1. The molecule has 0 aromatic carbocycles. The van der Waals surface area contributed by atoms with E-state index in [1.165, 1.54) is 64.5 Å². The lowest BCUT2D eigenvalue weighted by molar-refractivity contribution is 0.113. The maximum atomic E-state index is 4.93. The van der Waals surface area contributed by atoms with Crippen molar-refractivity contribution in [3.63, 3.8) is 0 Å². The molecule has 0 aromatic rings. The van der Waals surface area contributed by atoms with E-state index in [4.69, 9.17) is 4.99 Å². The van der Waals surface area contributed by atoms with Crippen LogP contribution in [-0.2, 0) is 0 Å². The Morgan fingerprint density at radius 1 is 1.09 bits per heavy atom. The third-order valence-corrected chi connectivity index (χ3v) is 5.86. The molecule has 2 N–H and O–H groups in total. The Kier molecular flexibility index (Phi) is 5.61. The standard InChI is InChI=1S/C18H34N4/c1-2-19-17(20-11-14-22-12-4-3-5-13-22)21-15-18(9-6-10-18)16-7-8-16/h16H,2-15H2,1H3,(H2,19,20,21). The number of nitrogens with zero attached hydrogens (tertiary/aromatic N) is 2. The van der Waals surface area contributed by atoms with Gasteiger partial charge in [-0.2, -0.15) is 0 Å². The van der Waals surface area contributed by atoms with Crippen LogP contribution in [0.2, 0.25) is 0 Å². The van der Waals surface area contributed by atoms with Crippen molar-refractivity contribution < 1.29 is 0 Å². The second-order valence-corrected chi connectivity index (χ2v) is 7.51. The van der Waals surface area contributed by atoms with Gasteiger partial charge >= 0.3 is 0 Å².